The van der Waals surface area contributed by atoms with E-state index in [0.717, 1.165) is 57.0 Å². The van der Waals surface area contributed by atoms with Crippen LogP contribution in [0.15, 0.2) is 30.4 Å². The van der Waals surface area contributed by atoms with Crippen molar-refractivity contribution in [1.29, 1.82) is 0 Å². The van der Waals surface area contributed by atoms with Crippen molar-refractivity contribution in [3.05, 3.63) is 41.5 Å². The zero-order valence-electron chi connectivity index (χ0n) is 17.3. The van der Waals surface area contributed by atoms with E-state index in [2.05, 4.69) is 35.2 Å². The number of hydrogen-bond donors (Lipinski definition) is 1. The highest BCUT2D eigenvalue weighted by atomic mass is 32.2. The molecule has 1 N–H and O–H groups in total. The van der Waals surface area contributed by atoms with Crippen molar-refractivity contribution in [2.75, 3.05) is 31.3 Å². The smallest absolute Gasteiger partial charge is 0.186 e. The second-order valence-electron chi connectivity index (χ2n) is 8.08. The van der Waals surface area contributed by atoms with E-state index in [4.69, 9.17) is 4.84 Å². The number of anilines is 1. The van der Waals surface area contributed by atoms with Crippen LogP contribution in [0, 0.1) is 5.92 Å². The lowest BCUT2D eigenvalue weighted by Gasteiger charge is -2.29. The maximum absolute atomic E-state index is 11.7. The summed E-state index contributed by atoms with van der Waals surface area (Å²) in [5, 5.41) is 5.88. The standard InChI is InChI=1S/C23H34N2O2S/c1-17(2)23(28-18(3)26)16-20-6-4-8-22-21(20)7-5-15-27-25(22)14-11-19-9-12-24-13-10-19/h4,6,8,19,23-24H,1,5,7,9-16H2,2-3H3. The van der Waals surface area contributed by atoms with Gasteiger partial charge in [0.1, 0.15) is 0 Å². The van der Waals surface area contributed by atoms with Crippen LogP contribution in [0.25, 0.3) is 0 Å². The Kier molecular flexibility index (Phi) is 8.00. The summed E-state index contributed by atoms with van der Waals surface area (Å²) in [6.45, 7) is 11.8. The molecule has 0 saturated carbocycles. The highest BCUT2D eigenvalue weighted by Crippen LogP contribution is 2.33. The van der Waals surface area contributed by atoms with Crippen LogP contribution in [-0.4, -0.2) is 36.6 Å². The Bertz CT molecular complexity index is 685. The molecule has 1 atom stereocenters. The first kappa shape index (κ1) is 21.4. The van der Waals surface area contributed by atoms with Crippen LogP contribution >= 0.6 is 11.8 Å². The van der Waals surface area contributed by atoms with Gasteiger partial charge in [0.2, 0.25) is 0 Å². The number of benzene rings is 1. The lowest BCUT2D eigenvalue weighted by atomic mass is 9.94. The minimum atomic E-state index is 0.136. The van der Waals surface area contributed by atoms with E-state index < -0.39 is 0 Å². The van der Waals surface area contributed by atoms with Crippen molar-refractivity contribution in [2.24, 2.45) is 5.92 Å². The van der Waals surface area contributed by atoms with E-state index in [1.807, 2.05) is 6.92 Å². The Balaban J connectivity index is 1.75. The summed E-state index contributed by atoms with van der Waals surface area (Å²) in [5.74, 6) is 0.791. The van der Waals surface area contributed by atoms with E-state index in [1.165, 1.54) is 47.8 Å². The number of carbonyl (C=O) groups excluding carboxylic acids is 1. The Labute approximate surface area is 174 Å². The van der Waals surface area contributed by atoms with E-state index in [1.54, 1.807) is 6.92 Å². The molecule has 1 saturated heterocycles. The summed E-state index contributed by atoms with van der Waals surface area (Å²) in [6, 6.07) is 6.54. The first-order chi connectivity index (χ1) is 13.5. The van der Waals surface area contributed by atoms with Crippen molar-refractivity contribution in [2.45, 2.75) is 57.6 Å². The van der Waals surface area contributed by atoms with Crippen LogP contribution in [0.4, 0.5) is 5.69 Å². The molecule has 3 rings (SSSR count). The lowest BCUT2D eigenvalue weighted by molar-refractivity contribution is -0.109. The molecule has 1 fully saturated rings. The fourth-order valence-corrected chi connectivity index (χ4v) is 5.06. The van der Waals surface area contributed by atoms with Gasteiger partial charge in [-0.2, -0.15) is 0 Å². The highest BCUT2D eigenvalue weighted by molar-refractivity contribution is 8.14. The molecule has 0 aliphatic carbocycles. The van der Waals surface area contributed by atoms with Gasteiger partial charge in [0.15, 0.2) is 5.12 Å². The summed E-state index contributed by atoms with van der Waals surface area (Å²) in [7, 11) is 0. The molecule has 154 valence electrons. The molecule has 2 heterocycles. The number of nitrogens with zero attached hydrogens (tertiary/aromatic N) is 1. The Morgan fingerprint density at radius 3 is 2.86 bits per heavy atom. The third kappa shape index (κ3) is 5.85. The normalized spacial score (nSPS) is 19.0. The third-order valence-corrected chi connectivity index (χ3v) is 6.98. The van der Waals surface area contributed by atoms with Crippen molar-refractivity contribution in [1.82, 2.24) is 5.32 Å². The number of rotatable bonds is 7. The molecule has 0 bridgehead atoms. The lowest BCUT2D eigenvalue weighted by Crippen LogP contribution is -2.31. The maximum Gasteiger partial charge on any atom is 0.186 e. The van der Waals surface area contributed by atoms with Crippen molar-refractivity contribution in [3.8, 4) is 0 Å². The van der Waals surface area contributed by atoms with Crippen molar-refractivity contribution >= 4 is 22.6 Å². The average molecular weight is 403 g/mol. The number of hydroxylamine groups is 1. The molecule has 28 heavy (non-hydrogen) atoms. The van der Waals surface area contributed by atoms with E-state index in [-0.39, 0.29) is 10.4 Å². The molecule has 1 aromatic rings. The zero-order chi connectivity index (χ0) is 19.9. The molecule has 2 aliphatic heterocycles. The molecule has 1 aromatic carbocycles. The van der Waals surface area contributed by atoms with E-state index >= 15 is 0 Å². The molecule has 0 radical (unpaired) electrons. The van der Waals surface area contributed by atoms with Crippen molar-refractivity contribution < 1.29 is 9.63 Å². The first-order valence-electron chi connectivity index (χ1n) is 10.6. The third-order valence-electron chi connectivity index (χ3n) is 5.80. The SMILES string of the molecule is C=C(C)C(Cc1cccc2c1CCCON2CCC1CCNCC1)SC(C)=O. The van der Waals surface area contributed by atoms with Crippen molar-refractivity contribution in [3.63, 3.8) is 0 Å². The van der Waals surface area contributed by atoms with Crippen LogP contribution in [0.1, 0.15) is 50.7 Å². The number of carbonyl (C=O) groups is 1. The average Bonchev–Trinajstić information content (AvgIpc) is 2.89. The number of fused-ring (bicyclic) bond motifs is 1. The predicted molar refractivity (Wildman–Crippen MR) is 119 cm³/mol. The van der Waals surface area contributed by atoms with E-state index in [9.17, 15) is 4.79 Å². The highest BCUT2D eigenvalue weighted by Gasteiger charge is 2.23. The van der Waals surface area contributed by atoms with Gasteiger partial charge in [-0.1, -0.05) is 36.0 Å². The van der Waals surface area contributed by atoms with Crippen LogP contribution in [0.2, 0.25) is 0 Å². The second-order valence-corrected chi connectivity index (χ2v) is 9.46. The van der Waals surface area contributed by atoms with Gasteiger partial charge in [-0.15, -0.1) is 0 Å². The molecule has 0 aromatic heterocycles. The van der Waals surface area contributed by atoms with Gasteiger partial charge >= 0.3 is 0 Å². The number of thioether (sulfide) groups is 1. The zero-order valence-corrected chi connectivity index (χ0v) is 18.2. The first-order valence-corrected chi connectivity index (χ1v) is 11.5. The van der Waals surface area contributed by atoms with Crippen LogP contribution < -0.4 is 10.4 Å². The van der Waals surface area contributed by atoms with Crippen LogP contribution in [0.5, 0.6) is 0 Å². The van der Waals surface area contributed by atoms with Gasteiger partial charge in [0, 0.05) is 18.7 Å². The number of nitrogens with one attached hydrogen (secondary N) is 1. The Morgan fingerprint density at radius 2 is 2.14 bits per heavy atom. The maximum atomic E-state index is 11.7. The van der Waals surface area contributed by atoms with Crippen LogP contribution in [-0.2, 0) is 22.5 Å². The second kappa shape index (κ2) is 10.5. The largest absolute Gasteiger partial charge is 0.317 e. The minimum Gasteiger partial charge on any atom is -0.317 e. The summed E-state index contributed by atoms with van der Waals surface area (Å²) in [6.07, 6.45) is 6.63. The quantitative estimate of drug-likeness (QED) is 0.679. The van der Waals surface area contributed by atoms with Gasteiger partial charge < -0.3 is 5.32 Å². The van der Waals surface area contributed by atoms with Crippen LogP contribution in [0.3, 0.4) is 0 Å². The number of hydrogen-bond acceptors (Lipinski definition) is 5. The summed E-state index contributed by atoms with van der Waals surface area (Å²) >= 11 is 1.40. The molecule has 0 amide bonds. The topological polar surface area (TPSA) is 41.6 Å². The van der Waals surface area contributed by atoms with Gasteiger partial charge in [-0.25, -0.2) is 0 Å². The summed E-state index contributed by atoms with van der Waals surface area (Å²) < 4.78 is 0. The molecular formula is C23H34N2O2S. The molecule has 0 spiro atoms. The van der Waals surface area contributed by atoms with Gasteiger partial charge in [0.05, 0.1) is 12.3 Å². The molecular weight excluding hydrogens is 368 g/mol. The summed E-state index contributed by atoms with van der Waals surface area (Å²) in [4.78, 5) is 17.8. The van der Waals surface area contributed by atoms with E-state index in [0.29, 0.717) is 0 Å². The van der Waals surface area contributed by atoms with Gasteiger partial charge in [-0.3, -0.25) is 14.7 Å². The molecule has 2 aliphatic rings. The molecule has 1 unspecified atom stereocenters. The van der Waals surface area contributed by atoms with Gasteiger partial charge in [-0.05, 0) is 81.6 Å². The molecule has 4 nitrogen and oxygen atoms in total. The fourth-order valence-electron chi connectivity index (χ4n) is 4.20. The predicted octanol–water partition coefficient (Wildman–Crippen LogP) is 4.53. The number of piperidine rings is 1. The fraction of sp³-hybridized carbons (Fsp3) is 0.609. The molecule has 5 heteroatoms. The minimum absolute atomic E-state index is 0.136. The summed E-state index contributed by atoms with van der Waals surface area (Å²) in [5.41, 5.74) is 5.00. The Hall–Kier alpha value is -1.30. The Morgan fingerprint density at radius 1 is 1.36 bits per heavy atom. The monoisotopic (exact) mass is 402 g/mol. The van der Waals surface area contributed by atoms with Gasteiger partial charge in [0.25, 0.3) is 0 Å².